The van der Waals surface area contributed by atoms with E-state index in [1.54, 1.807) is 0 Å². The summed E-state index contributed by atoms with van der Waals surface area (Å²) in [4.78, 5) is 0. The molecule has 1 atom stereocenters. The van der Waals surface area contributed by atoms with Crippen LogP contribution in [0.1, 0.15) is 19.3 Å². The Kier molecular flexibility index (Phi) is 4.49. The summed E-state index contributed by atoms with van der Waals surface area (Å²) in [7, 11) is 1.93. The quantitative estimate of drug-likeness (QED) is 0.629. The minimum absolute atomic E-state index is 0.831. The lowest BCUT2D eigenvalue weighted by Crippen LogP contribution is -2.04. The van der Waals surface area contributed by atoms with Gasteiger partial charge in [0.2, 0.25) is 0 Å². The highest BCUT2D eigenvalue weighted by molar-refractivity contribution is 8.00. The van der Waals surface area contributed by atoms with E-state index in [4.69, 9.17) is 0 Å². The first-order chi connectivity index (χ1) is 5.43. The second-order valence-corrected chi connectivity index (χ2v) is 4.13. The number of hydrogen-bond donors (Lipinski definition) is 1. The van der Waals surface area contributed by atoms with Gasteiger partial charge >= 0.3 is 0 Å². The molecule has 1 aliphatic rings. The van der Waals surface area contributed by atoms with Gasteiger partial charge in [-0.3, -0.25) is 0 Å². The summed E-state index contributed by atoms with van der Waals surface area (Å²) in [5, 5.41) is 3.85. The van der Waals surface area contributed by atoms with Crippen molar-refractivity contribution in [2.24, 2.45) is 0 Å². The van der Waals surface area contributed by atoms with Crippen molar-refractivity contribution in [1.29, 1.82) is 0 Å². The fourth-order valence-corrected chi connectivity index (χ4v) is 2.34. The summed E-state index contributed by atoms with van der Waals surface area (Å²) in [5.41, 5.74) is 0. The number of rotatable bonds is 2. The lowest BCUT2D eigenvalue weighted by molar-refractivity contribution is 0.799. The van der Waals surface area contributed by atoms with Crippen LogP contribution in [0.4, 0.5) is 0 Å². The van der Waals surface area contributed by atoms with Crippen molar-refractivity contribution in [2.45, 2.75) is 24.5 Å². The molecule has 1 aliphatic heterocycles. The minimum atomic E-state index is 0.831. The van der Waals surface area contributed by atoms with Crippen LogP contribution in [0.5, 0.6) is 0 Å². The van der Waals surface area contributed by atoms with Gasteiger partial charge in [0.05, 0.1) is 6.54 Å². The summed E-state index contributed by atoms with van der Waals surface area (Å²) in [6, 6.07) is 0. The van der Waals surface area contributed by atoms with Crippen molar-refractivity contribution >= 4 is 11.8 Å². The van der Waals surface area contributed by atoms with E-state index < -0.39 is 0 Å². The fraction of sp³-hybridized carbons (Fsp3) is 0.778. The summed E-state index contributed by atoms with van der Waals surface area (Å²) < 4.78 is 0. The zero-order valence-electron chi connectivity index (χ0n) is 7.02. The topological polar surface area (TPSA) is 12.0 Å². The molecule has 0 aliphatic carbocycles. The van der Waals surface area contributed by atoms with Gasteiger partial charge < -0.3 is 5.32 Å². The Morgan fingerprint density at radius 2 is 2.45 bits per heavy atom. The highest BCUT2D eigenvalue weighted by atomic mass is 32.2. The average molecular weight is 169 g/mol. The van der Waals surface area contributed by atoms with Gasteiger partial charge in [-0.05, 0) is 25.6 Å². The molecule has 0 aromatic rings. The van der Waals surface area contributed by atoms with Crippen LogP contribution in [0, 0.1) is 11.8 Å². The van der Waals surface area contributed by atoms with E-state index in [1.165, 1.54) is 18.6 Å². The number of thioether (sulfide) groups is 1. The van der Waals surface area contributed by atoms with Crippen LogP contribution in [-0.2, 0) is 0 Å². The third kappa shape index (κ3) is 3.69. The molecule has 0 amide bonds. The minimum Gasteiger partial charge on any atom is -0.309 e. The standard InChI is InChI=1S/C9H15NS/c1-10-7-3-2-5-9-6-4-8-11-9/h9-10H,4-8H2,1H3. The maximum atomic E-state index is 3.19. The average Bonchev–Trinajstić information content (AvgIpc) is 2.50. The molecule has 0 bridgehead atoms. The van der Waals surface area contributed by atoms with Gasteiger partial charge in [0, 0.05) is 11.7 Å². The van der Waals surface area contributed by atoms with Crippen LogP contribution in [0.15, 0.2) is 0 Å². The van der Waals surface area contributed by atoms with Gasteiger partial charge in [0.15, 0.2) is 0 Å². The molecule has 1 fully saturated rings. The van der Waals surface area contributed by atoms with E-state index in [0.29, 0.717) is 0 Å². The molecule has 1 unspecified atom stereocenters. The summed E-state index contributed by atoms with van der Waals surface area (Å²) in [6.07, 6.45) is 3.86. The Morgan fingerprint density at radius 3 is 3.09 bits per heavy atom. The third-order valence-electron chi connectivity index (χ3n) is 1.74. The first-order valence-corrected chi connectivity index (χ1v) is 5.20. The Labute approximate surface area is 73.3 Å². The van der Waals surface area contributed by atoms with E-state index in [9.17, 15) is 0 Å². The van der Waals surface area contributed by atoms with Crippen molar-refractivity contribution in [3.05, 3.63) is 0 Å². The molecule has 1 saturated heterocycles. The molecule has 1 N–H and O–H groups in total. The van der Waals surface area contributed by atoms with Crippen molar-refractivity contribution in [1.82, 2.24) is 5.32 Å². The number of hydrogen-bond acceptors (Lipinski definition) is 2. The summed E-state index contributed by atoms with van der Waals surface area (Å²) in [6.45, 7) is 0.831. The second kappa shape index (κ2) is 5.51. The molecule has 1 heterocycles. The van der Waals surface area contributed by atoms with E-state index in [0.717, 1.165) is 18.2 Å². The van der Waals surface area contributed by atoms with Crippen LogP contribution < -0.4 is 5.32 Å². The van der Waals surface area contributed by atoms with Gasteiger partial charge in [-0.1, -0.05) is 5.92 Å². The van der Waals surface area contributed by atoms with Crippen LogP contribution in [0.25, 0.3) is 0 Å². The second-order valence-electron chi connectivity index (χ2n) is 2.72. The van der Waals surface area contributed by atoms with Crippen LogP contribution in [-0.4, -0.2) is 24.6 Å². The predicted octanol–water partition coefficient (Wildman–Crippen LogP) is 1.49. The van der Waals surface area contributed by atoms with Gasteiger partial charge in [0.1, 0.15) is 0 Å². The van der Waals surface area contributed by atoms with Crippen molar-refractivity contribution in [2.75, 3.05) is 19.3 Å². The zero-order chi connectivity index (χ0) is 7.94. The van der Waals surface area contributed by atoms with E-state index in [-0.39, 0.29) is 0 Å². The SMILES string of the molecule is CNCC#CCC1CCCS1. The Bertz CT molecular complexity index is 151. The smallest absolute Gasteiger partial charge is 0.0574 e. The monoisotopic (exact) mass is 169 g/mol. The van der Waals surface area contributed by atoms with E-state index in [2.05, 4.69) is 28.9 Å². The van der Waals surface area contributed by atoms with E-state index in [1.807, 2.05) is 7.05 Å². The maximum Gasteiger partial charge on any atom is 0.0574 e. The molecule has 2 heteroatoms. The predicted molar refractivity (Wildman–Crippen MR) is 51.8 cm³/mol. The van der Waals surface area contributed by atoms with Crippen LogP contribution in [0.2, 0.25) is 0 Å². The van der Waals surface area contributed by atoms with Gasteiger partial charge in [-0.2, -0.15) is 11.8 Å². The highest BCUT2D eigenvalue weighted by Crippen LogP contribution is 2.27. The Hall–Kier alpha value is -0.130. The third-order valence-corrected chi connectivity index (χ3v) is 3.14. The maximum absolute atomic E-state index is 3.19. The van der Waals surface area contributed by atoms with E-state index >= 15 is 0 Å². The lowest BCUT2D eigenvalue weighted by atomic mass is 10.2. The molecule has 62 valence electrons. The molecule has 0 spiro atoms. The molecule has 0 aromatic heterocycles. The zero-order valence-corrected chi connectivity index (χ0v) is 7.84. The summed E-state index contributed by atoms with van der Waals surface area (Å²) in [5.74, 6) is 7.63. The molecule has 0 saturated carbocycles. The first kappa shape index (κ1) is 8.96. The Morgan fingerprint density at radius 1 is 1.55 bits per heavy atom. The molecular formula is C9H15NS. The van der Waals surface area contributed by atoms with Crippen molar-refractivity contribution in [3.63, 3.8) is 0 Å². The van der Waals surface area contributed by atoms with Crippen LogP contribution in [0.3, 0.4) is 0 Å². The molecular weight excluding hydrogens is 154 g/mol. The molecule has 1 nitrogen and oxygen atoms in total. The fourth-order valence-electron chi connectivity index (χ4n) is 1.14. The summed E-state index contributed by atoms with van der Waals surface area (Å²) >= 11 is 2.08. The van der Waals surface area contributed by atoms with Crippen LogP contribution >= 0.6 is 11.8 Å². The molecule has 0 aromatic carbocycles. The van der Waals surface area contributed by atoms with Crippen molar-refractivity contribution in [3.8, 4) is 11.8 Å². The normalized spacial score (nSPS) is 22.8. The largest absolute Gasteiger partial charge is 0.309 e. The van der Waals surface area contributed by atoms with Gasteiger partial charge in [-0.15, -0.1) is 5.92 Å². The highest BCUT2D eigenvalue weighted by Gasteiger charge is 2.13. The molecule has 0 radical (unpaired) electrons. The Balaban J connectivity index is 2.06. The van der Waals surface area contributed by atoms with Gasteiger partial charge in [-0.25, -0.2) is 0 Å². The van der Waals surface area contributed by atoms with Gasteiger partial charge in [0.25, 0.3) is 0 Å². The molecule has 1 rings (SSSR count). The molecule has 11 heavy (non-hydrogen) atoms. The number of nitrogens with one attached hydrogen (secondary N) is 1. The lowest BCUT2D eigenvalue weighted by Gasteiger charge is -1.99. The van der Waals surface area contributed by atoms with Crippen molar-refractivity contribution < 1.29 is 0 Å². The first-order valence-electron chi connectivity index (χ1n) is 4.15.